The lowest BCUT2D eigenvalue weighted by atomic mass is 10.2. The van der Waals surface area contributed by atoms with Crippen LogP contribution in [0.1, 0.15) is 20.3 Å². The molecular weight excluding hydrogens is 266 g/mol. The van der Waals surface area contributed by atoms with Gasteiger partial charge in [0.25, 0.3) is 0 Å². The van der Waals surface area contributed by atoms with E-state index in [1.807, 2.05) is 19.9 Å². The lowest BCUT2D eigenvalue weighted by molar-refractivity contribution is 0.0681. The Balaban J connectivity index is 1.89. The van der Waals surface area contributed by atoms with E-state index in [0.29, 0.717) is 13.2 Å². The molecule has 2 aromatic rings. The van der Waals surface area contributed by atoms with Gasteiger partial charge in [0.05, 0.1) is 19.3 Å². The summed E-state index contributed by atoms with van der Waals surface area (Å²) in [6.45, 7) is 7.13. The molecule has 0 amide bonds. The Kier molecular flexibility index (Phi) is 6.08. The van der Waals surface area contributed by atoms with Gasteiger partial charge in [-0.3, -0.25) is 0 Å². The maximum Gasteiger partial charge on any atom is 0.120 e. The minimum absolute atomic E-state index is 0.203. The van der Waals surface area contributed by atoms with Crippen molar-refractivity contribution in [2.75, 3.05) is 26.9 Å². The minimum Gasteiger partial charge on any atom is -0.491 e. The van der Waals surface area contributed by atoms with Gasteiger partial charge in [0.1, 0.15) is 5.75 Å². The number of rotatable bonds is 9. The number of ether oxygens (including phenoxy) is 3. The zero-order chi connectivity index (χ0) is 15.1. The molecule has 0 saturated heterocycles. The lowest BCUT2D eigenvalue weighted by Gasteiger charge is -2.10. The Morgan fingerprint density at radius 3 is 2.71 bits per heavy atom. The summed E-state index contributed by atoms with van der Waals surface area (Å²) in [6, 6.07) is 8.39. The summed E-state index contributed by atoms with van der Waals surface area (Å²) < 4.78 is 18.4. The van der Waals surface area contributed by atoms with Crippen LogP contribution in [0.2, 0.25) is 0 Å². The fourth-order valence-electron chi connectivity index (χ4n) is 2.30. The Morgan fingerprint density at radius 2 is 1.95 bits per heavy atom. The van der Waals surface area contributed by atoms with Gasteiger partial charge in [-0.25, -0.2) is 0 Å². The summed E-state index contributed by atoms with van der Waals surface area (Å²) in [7, 11) is 1.69. The van der Waals surface area contributed by atoms with Gasteiger partial charge in [0, 0.05) is 37.4 Å². The van der Waals surface area contributed by atoms with Crippen molar-refractivity contribution >= 4 is 10.9 Å². The molecule has 0 aliphatic heterocycles. The quantitative estimate of drug-likeness (QED) is 0.663. The van der Waals surface area contributed by atoms with Crippen molar-refractivity contribution in [2.45, 2.75) is 32.9 Å². The van der Waals surface area contributed by atoms with E-state index in [-0.39, 0.29) is 6.10 Å². The first kappa shape index (κ1) is 15.9. The Labute approximate surface area is 126 Å². The van der Waals surface area contributed by atoms with Crippen LogP contribution in [-0.2, 0) is 16.0 Å². The number of hydrogen-bond donors (Lipinski definition) is 0. The van der Waals surface area contributed by atoms with Crippen LogP contribution in [-0.4, -0.2) is 37.6 Å². The molecule has 0 unspecified atom stereocenters. The van der Waals surface area contributed by atoms with E-state index in [2.05, 4.69) is 29.0 Å². The summed E-state index contributed by atoms with van der Waals surface area (Å²) in [5.41, 5.74) is 1.24. The standard InChI is InChI=1S/C17H25NO3/c1-14(2)21-16-5-6-17-15(13-16)7-9-18(17)8-4-10-20-12-11-19-3/h5-7,9,13-14H,4,8,10-12H2,1-3H3. The van der Waals surface area contributed by atoms with Gasteiger partial charge in [-0.2, -0.15) is 0 Å². The summed E-state index contributed by atoms with van der Waals surface area (Å²) in [4.78, 5) is 0. The van der Waals surface area contributed by atoms with Crippen molar-refractivity contribution in [3.63, 3.8) is 0 Å². The zero-order valence-corrected chi connectivity index (χ0v) is 13.2. The first-order valence-corrected chi connectivity index (χ1v) is 7.53. The third-order valence-electron chi connectivity index (χ3n) is 3.23. The van der Waals surface area contributed by atoms with Crippen molar-refractivity contribution in [1.82, 2.24) is 4.57 Å². The van der Waals surface area contributed by atoms with Crippen molar-refractivity contribution in [3.8, 4) is 5.75 Å². The number of fused-ring (bicyclic) bond motifs is 1. The van der Waals surface area contributed by atoms with Gasteiger partial charge in [0.15, 0.2) is 0 Å². The van der Waals surface area contributed by atoms with Crippen LogP contribution in [0.15, 0.2) is 30.5 Å². The molecule has 0 saturated carbocycles. The number of aryl methyl sites for hydroxylation is 1. The molecule has 1 heterocycles. The molecule has 1 aromatic heterocycles. The van der Waals surface area contributed by atoms with E-state index in [1.165, 1.54) is 10.9 Å². The molecule has 1 aromatic carbocycles. The van der Waals surface area contributed by atoms with Gasteiger partial charge in [0.2, 0.25) is 0 Å². The zero-order valence-electron chi connectivity index (χ0n) is 13.2. The van der Waals surface area contributed by atoms with E-state index in [9.17, 15) is 0 Å². The number of hydrogen-bond acceptors (Lipinski definition) is 3. The highest BCUT2D eigenvalue weighted by atomic mass is 16.5. The number of methoxy groups -OCH3 is 1. The van der Waals surface area contributed by atoms with E-state index in [4.69, 9.17) is 14.2 Å². The van der Waals surface area contributed by atoms with E-state index < -0.39 is 0 Å². The average Bonchev–Trinajstić information content (AvgIpc) is 2.84. The highest BCUT2D eigenvalue weighted by Gasteiger charge is 2.04. The lowest BCUT2D eigenvalue weighted by Crippen LogP contribution is -2.06. The smallest absolute Gasteiger partial charge is 0.120 e. The molecule has 2 rings (SSSR count). The van der Waals surface area contributed by atoms with Gasteiger partial charge in [-0.05, 0) is 44.5 Å². The SMILES string of the molecule is COCCOCCCn1ccc2cc(OC(C)C)ccc21. The third-order valence-corrected chi connectivity index (χ3v) is 3.23. The van der Waals surface area contributed by atoms with E-state index in [1.54, 1.807) is 7.11 Å². The minimum atomic E-state index is 0.203. The largest absolute Gasteiger partial charge is 0.491 e. The molecule has 0 aliphatic rings. The fraction of sp³-hybridized carbons (Fsp3) is 0.529. The number of nitrogens with zero attached hydrogens (tertiary/aromatic N) is 1. The van der Waals surface area contributed by atoms with Crippen LogP contribution < -0.4 is 4.74 Å². The van der Waals surface area contributed by atoms with Crippen LogP contribution in [0, 0.1) is 0 Å². The third kappa shape index (κ3) is 4.76. The van der Waals surface area contributed by atoms with Gasteiger partial charge in [-0.1, -0.05) is 0 Å². The fourth-order valence-corrected chi connectivity index (χ4v) is 2.30. The van der Waals surface area contributed by atoms with Crippen molar-refractivity contribution in [2.24, 2.45) is 0 Å². The Bertz CT molecular complexity index is 548. The normalized spacial score (nSPS) is 11.4. The molecule has 0 aliphatic carbocycles. The Hall–Kier alpha value is -1.52. The molecule has 4 heteroatoms. The monoisotopic (exact) mass is 291 g/mol. The molecule has 0 radical (unpaired) electrons. The van der Waals surface area contributed by atoms with Crippen LogP contribution in [0.5, 0.6) is 5.75 Å². The van der Waals surface area contributed by atoms with Crippen LogP contribution in [0.4, 0.5) is 0 Å². The summed E-state index contributed by atoms with van der Waals surface area (Å²) in [5.74, 6) is 0.929. The van der Waals surface area contributed by atoms with Gasteiger partial charge < -0.3 is 18.8 Å². The number of aromatic nitrogens is 1. The maximum absolute atomic E-state index is 5.73. The molecule has 0 fully saturated rings. The predicted molar refractivity (Wildman–Crippen MR) is 85.0 cm³/mol. The highest BCUT2D eigenvalue weighted by Crippen LogP contribution is 2.23. The average molecular weight is 291 g/mol. The van der Waals surface area contributed by atoms with Crippen molar-refractivity contribution in [3.05, 3.63) is 30.5 Å². The topological polar surface area (TPSA) is 32.6 Å². The maximum atomic E-state index is 5.73. The van der Waals surface area contributed by atoms with Crippen molar-refractivity contribution < 1.29 is 14.2 Å². The molecule has 0 N–H and O–H groups in total. The first-order chi connectivity index (χ1) is 10.2. The summed E-state index contributed by atoms with van der Waals surface area (Å²) in [5, 5.41) is 1.22. The molecule has 0 spiro atoms. The van der Waals surface area contributed by atoms with Crippen LogP contribution in [0.3, 0.4) is 0 Å². The second-order valence-electron chi connectivity index (χ2n) is 5.36. The summed E-state index contributed by atoms with van der Waals surface area (Å²) in [6.07, 6.45) is 3.32. The van der Waals surface area contributed by atoms with Gasteiger partial charge >= 0.3 is 0 Å². The molecule has 0 bridgehead atoms. The molecular formula is C17H25NO3. The second kappa shape index (κ2) is 8.05. The second-order valence-corrected chi connectivity index (χ2v) is 5.36. The van der Waals surface area contributed by atoms with E-state index in [0.717, 1.165) is 25.3 Å². The summed E-state index contributed by atoms with van der Waals surface area (Å²) >= 11 is 0. The first-order valence-electron chi connectivity index (χ1n) is 7.53. The number of benzene rings is 1. The molecule has 0 atom stereocenters. The molecule has 4 nitrogen and oxygen atoms in total. The predicted octanol–water partition coefficient (Wildman–Crippen LogP) is 3.48. The van der Waals surface area contributed by atoms with E-state index >= 15 is 0 Å². The van der Waals surface area contributed by atoms with Gasteiger partial charge in [-0.15, -0.1) is 0 Å². The highest BCUT2D eigenvalue weighted by molar-refractivity contribution is 5.81. The van der Waals surface area contributed by atoms with Crippen LogP contribution >= 0.6 is 0 Å². The van der Waals surface area contributed by atoms with Crippen molar-refractivity contribution in [1.29, 1.82) is 0 Å². The molecule has 21 heavy (non-hydrogen) atoms. The molecule has 116 valence electrons. The van der Waals surface area contributed by atoms with Crippen LogP contribution in [0.25, 0.3) is 10.9 Å². The Morgan fingerprint density at radius 1 is 1.10 bits per heavy atom.